The molecule has 0 bridgehead atoms. The van der Waals surface area contributed by atoms with Crippen LogP contribution in [0.1, 0.15) is 0 Å². The van der Waals surface area contributed by atoms with Crippen molar-refractivity contribution in [3.05, 3.63) is 49.1 Å². The van der Waals surface area contributed by atoms with Crippen LogP contribution in [0.15, 0.2) is 30.3 Å². The van der Waals surface area contributed by atoms with Gasteiger partial charge in [-0.3, -0.25) is 0 Å². The zero-order chi connectivity index (χ0) is 12.4. The fourth-order valence-corrected chi connectivity index (χ4v) is 2.00. The van der Waals surface area contributed by atoms with Crippen molar-refractivity contribution >= 4 is 57.4 Å². The summed E-state index contributed by atoms with van der Waals surface area (Å²) >= 11 is 19.7. The lowest BCUT2D eigenvalue weighted by atomic mass is 10.3. The zero-order valence-corrected chi connectivity index (χ0v) is 12.7. The van der Waals surface area contributed by atoms with E-state index in [1.807, 2.05) is 24.3 Å². The highest BCUT2D eigenvalue weighted by atomic mass is 127. The Morgan fingerprint density at radius 1 is 1.00 bits per heavy atom. The summed E-state index contributed by atoms with van der Waals surface area (Å²) in [4.78, 5) is 3.97. The smallest absolute Gasteiger partial charge is 0.239 e. The summed E-state index contributed by atoms with van der Waals surface area (Å²) in [6.07, 6.45) is 0. The minimum Gasteiger partial charge on any atom is -0.437 e. The molecule has 0 spiro atoms. The Labute approximate surface area is 127 Å². The number of aromatic nitrogens is 1. The summed E-state index contributed by atoms with van der Waals surface area (Å²) in [7, 11) is 0. The number of hydrogen-bond acceptors (Lipinski definition) is 2. The third-order valence-corrected chi connectivity index (χ3v) is 3.55. The standard InChI is InChI=1S/C11H5Cl3INO/c12-8-5-9(13)11(16-10(8)14)17-7-3-1-6(15)2-4-7/h1-5H. The van der Waals surface area contributed by atoms with Gasteiger partial charge in [0.25, 0.3) is 0 Å². The molecule has 0 N–H and O–H groups in total. The van der Waals surface area contributed by atoms with Gasteiger partial charge in [0.2, 0.25) is 5.88 Å². The second kappa shape index (κ2) is 5.61. The summed E-state index contributed by atoms with van der Waals surface area (Å²) in [5.41, 5.74) is 0. The second-order valence-corrected chi connectivity index (χ2v) is 5.52. The van der Waals surface area contributed by atoms with Crippen LogP contribution in [0.3, 0.4) is 0 Å². The molecule has 0 fully saturated rings. The highest BCUT2D eigenvalue weighted by Gasteiger charge is 2.09. The lowest BCUT2D eigenvalue weighted by Gasteiger charge is -2.07. The molecule has 1 heterocycles. The summed E-state index contributed by atoms with van der Waals surface area (Å²) in [6.45, 7) is 0. The molecule has 0 atom stereocenters. The van der Waals surface area contributed by atoms with Crippen molar-refractivity contribution in [2.45, 2.75) is 0 Å². The highest BCUT2D eigenvalue weighted by molar-refractivity contribution is 14.1. The molecule has 0 saturated heterocycles. The minimum atomic E-state index is 0.163. The van der Waals surface area contributed by atoms with Gasteiger partial charge < -0.3 is 4.74 Å². The van der Waals surface area contributed by atoms with Gasteiger partial charge in [-0.15, -0.1) is 0 Å². The maximum absolute atomic E-state index is 5.95. The third kappa shape index (κ3) is 3.37. The summed E-state index contributed by atoms with van der Waals surface area (Å²) in [6, 6.07) is 8.98. The lowest BCUT2D eigenvalue weighted by molar-refractivity contribution is 0.463. The van der Waals surface area contributed by atoms with E-state index in [0.29, 0.717) is 15.8 Å². The van der Waals surface area contributed by atoms with Gasteiger partial charge >= 0.3 is 0 Å². The maximum Gasteiger partial charge on any atom is 0.239 e. The van der Waals surface area contributed by atoms with E-state index in [1.165, 1.54) is 6.07 Å². The van der Waals surface area contributed by atoms with Crippen LogP contribution in [0.25, 0.3) is 0 Å². The molecule has 17 heavy (non-hydrogen) atoms. The van der Waals surface area contributed by atoms with Crippen molar-refractivity contribution in [1.29, 1.82) is 0 Å². The van der Waals surface area contributed by atoms with E-state index in [-0.39, 0.29) is 11.0 Å². The average molecular weight is 400 g/mol. The molecule has 0 unspecified atom stereocenters. The fraction of sp³-hybridized carbons (Fsp3) is 0. The SMILES string of the molecule is Clc1cc(Cl)c(Oc2ccc(I)cc2)nc1Cl. The first kappa shape index (κ1) is 13.2. The predicted octanol–water partition coefficient (Wildman–Crippen LogP) is 5.44. The van der Waals surface area contributed by atoms with E-state index in [4.69, 9.17) is 39.5 Å². The monoisotopic (exact) mass is 399 g/mol. The molecule has 0 aliphatic rings. The Hall–Kier alpha value is -0.230. The normalized spacial score (nSPS) is 10.4. The molecule has 0 aliphatic heterocycles. The molecule has 0 amide bonds. The Balaban J connectivity index is 2.30. The number of rotatable bonds is 2. The van der Waals surface area contributed by atoms with Crippen LogP contribution >= 0.6 is 57.4 Å². The summed E-state index contributed by atoms with van der Waals surface area (Å²) in [5.74, 6) is 0.875. The van der Waals surface area contributed by atoms with Gasteiger partial charge in [0.05, 0.1) is 5.02 Å². The topological polar surface area (TPSA) is 22.1 Å². The molecule has 1 aromatic heterocycles. The van der Waals surface area contributed by atoms with Crippen LogP contribution < -0.4 is 4.74 Å². The summed E-state index contributed by atoms with van der Waals surface area (Å²) in [5, 5.41) is 0.779. The van der Waals surface area contributed by atoms with Gasteiger partial charge in [-0.25, -0.2) is 0 Å². The van der Waals surface area contributed by atoms with Crippen molar-refractivity contribution in [3.63, 3.8) is 0 Å². The Kier molecular flexibility index (Phi) is 4.36. The quantitative estimate of drug-likeness (QED) is 0.495. The Bertz CT molecular complexity index is 545. The van der Waals surface area contributed by atoms with Crippen molar-refractivity contribution in [3.8, 4) is 11.6 Å². The molecule has 1 aromatic carbocycles. The predicted molar refractivity (Wildman–Crippen MR) is 78.5 cm³/mol. The zero-order valence-electron chi connectivity index (χ0n) is 8.25. The first-order valence-corrected chi connectivity index (χ1v) is 6.72. The van der Waals surface area contributed by atoms with Gasteiger partial charge in [0.1, 0.15) is 10.8 Å². The molecule has 6 heteroatoms. The minimum absolute atomic E-state index is 0.163. The van der Waals surface area contributed by atoms with Gasteiger partial charge in [0, 0.05) is 3.57 Å². The van der Waals surface area contributed by atoms with Crippen molar-refractivity contribution in [2.75, 3.05) is 0 Å². The molecule has 2 nitrogen and oxygen atoms in total. The lowest BCUT2D eigenvalue weighted by Crippen LogP contribution is -1.90. The van der Waals surface area contributed by atoms with Crippen LogP contribution in [0, 0.1) is 3.57 Å². The van der Waals surface area contributed by atoms with E-state index in [1.54, 1.807) is 0 Å². The van der Waals surface area contributed by atoms with Crippen LogP contribution in [0.2, 0.25) is 15.2 Å². The number of halogens is 4. The van der Waals surface area contributed by atoms with E-state index in [0.717, 1.165) is 3.57 Å². The van der Waals surface area contributed by atoms with E-state index in [9.17, 15) is 0 Å². The largest absolute Gasteiger partial charge is 0.437 e. The molecule has 2 rings (SSSR count). The molecule has 0 radical (unpaired) electrons. The average Bonchev–Trinajstić information content (AvgIpc) is 2.29. The van der Waals surface area contributed by atoms with Crippen LogP contribution in [0.4, 0.5) is 0 Å². The maximum atomic E-state index is 5.95. The number of pyridine rings is 1. The molecule has 2 aromatic rings. The van der Waals surface area contributed by atoms with E-state index < -0.39 is 0 Å². The molecular weight excluding hydrogens is 395 g/mol. The third-order valence-electron chi connectivity index (χ3n) is 1.88. The highest BCUT2D eigenvalue weighted by Crippen LogP contribution is 2.33. The van der Waals surface area contributed by atoms with Gasteiger partial charge in [0.15, 0.2) is 5.15 Å². The van der Waals surface area contributed by atoms with Crippen molar-refractivity contribution in [2.24, 2.45) is 0 Å². The first-order chi connectivity index (χ1) is 8.06. The van der Waals surface area contributed by atoms with Gasteiger partial charge in [-0.1, -0.05) is 34.8 Å². The molecular formula is C11H5Cl3INO. The Morgan fingerprint density at radius 3 is 2.29 bits per heavy atom. The van der Waals surface area contributed by atoms with Crippen molar-refractivity contribution in [1.82, 2.24) is 4.98 Å². The number of hydrogen-bond donors (Lipinski definition) is 0. The van der Waals surface area contributed by atoms with Gasteiger partial charge in [-0.2, -0.15) is 4.98 Å². The number of benzene rings is 1. The van der Waals surface area contributed by atoms with E-state index >= 15 is 0 Å². The van der Waals surface area contributed by atoms with E-state index in [2.05, 4.69) is 27.6 Å². The Morgan fingerprint density at radius 2 is 1.65 bits per heavy atom. The van der Waals surface area contributed by atoms with Crippen LogP contribution in [0.5, 0.6) is 11.6 Å². The molecule has 0 saturated carbocycles. The first-order valence-electron chi connectivity index (χ1n) is 4.51. The number of ether oxygens (including phenoxy) is 1. The van der Waals surface area contributed by atoms with Gasteiger partial charge in [-0.05, 0) is 52.9 Å². The summed E-state index contributed by atoms with van der Waals surface area (Å²) < 4.78 is 6.62. The van der Waals surface area contributed by atoms with Crippen LogP contribution in [-0.4, -0.2) is 4.98 Å². The molecule has 0 aliphatic carbocycles. The fourth-order valence-electron chi connectivity index (χ4n) is 1.11. The van der Waals surface area contributed by atoms with Crippen LogP contribution in [-0.2, 0) is 0 Å². The van der Waals surface area contributed by atoms with Crippen molar-refractivity contribution < 1.29 is 4.74 Å². The second-order valence-electron chi connectivity index (χ2n) is 3.10. The molecule has 88 valence electrons. The number of nitrogens with zero attached hydrogens (tertiary/aromatic N) is 1.